The third-order valence-electron chi connectivity index (χ3n) is 6.31. The summed E-state index contributed by atoms with van der Waals surface area (Å²) in [6, 6.07) is 15.7. The number of rotatable bonds is 4. The van der Waals surface area contributed by atoms with Crippen LogP contribution in [0.25, 0.3) is 16.7 Å². The van der Waals surface area contributed by atoms with Crippen molar-refractivity contribution in [3.8, 4) is 5.69 Å². The van der Waals surface area contributed by atoms with E-state index in [0.717, 1.165) is 59.7 Å². The lowest BCUT2D eigenvalue weighted by molar-refractivity contribution is 0.101. The lowest BCUT2D eigenvalue weighted by Gasteiger charge is -2.28. The minimum absolute atomic E-state index is 0.0991. The van der Waals surface area contributed by atoms with E-state index in [4.69, 9.17) is 9.97 Å². The van der Waals surface area contributed by atoms with E-state index in [2.05, 4.69) is 28.6 Å². The van der Waals surface area contributed by atoms with Crippen LogP contribution in [0.15, 0.2) is 54.6 Å². The molecule has 0 saturated carbocycles. The van der Waals surface area contributed by atoms with Crippen LogP contribution in [0.5, 0.6) is 0 Å². The first-order valence-electron chi connectivity index (χ1n) is 11.3. The van der Waals surface area contributed by atoms with E-state index in [0.29, 0.717) is 5.69 Å². The monoisotopic (exact) mass is 443 g/mol. The Balaban J connectivity index is 1.68. The third-order valence-corrected chi connectivity index (χ3v) is 6.31. The van der Waals surface area contributed by atoms with Gasteiger partial charge in [-0.05, 0) is 75.1 Å². The van der Waals surface area contributed by atoms with Crippen molar-refractivity contribution in [2.75, 3.05) is 23.3 Å². The molecule has 4 aromatic rings. The van der Waals surface area contributed by atoms with E-state index in [1.54, 1.807) is 0 Å². The van der Waals surface area contributed by atoms with Crippen molar-refractivity contribution in [2.45, 2.75) is 33.1 Å². The average Bonchev–Trinajstić information content (AvgIpc) is 3.11. The molecule has 1 aliphatic heterocycles. The van der Waals surface area contributed by atoms with E-state index in [-0.39, 0.29) is 11.6 Å². The summed E-state index contributed by atoms with van der Waals surface area (Å²) in [6.45, 7) is 5.97. The Hall–Kier alpha value is -3.74. The molecule has 6 nitrogen and oxygen atoms in total. The Bertz CT molecular complexity index is 1310. The molecule has 0 unspecified atom stereocenters. The molecular weight excluding hydrogens is 417 g/mol. The maximum atomic E-state index is 13.3. The van der Waals surface area contributed by atoms with Gasteiger partial charge in [-0.3, -0.25) is 9.36 Å². The number of aromatic nitrogens is 3. The zero-order valence-corrected chi connectivity index (χ0v) is 18.8. The fraction of sp³-hybridized carbons (Fsp3) is 0.269. The topological polar surface area (TPSA) is 63.1 Å². The highest BCUT2D eigenvalue weighted by atomic mass is 19.1. The molecule has 1 N–H and O–H groups in total. The molecule has 33 heavy (non-hydrogen) atoms. The minimum Gasteiger partial charge on any atom is -0.356 e. The molecule has 0 bridgehead atoms. The van der Waals surface area contributed by atoms with Gasteiger partial charge in [0, 0.05) is 30.2 Å². The number of anilines is 2. The Kier molecular flexibility index (Phi) is 5.54. The summed E-state index contributed by atoms with van der Waals surface area (Å²) in [4.78, 5) is 24.9. The molecule has 2 aromatic heterocycles. The summed E-state index contributed by atoms with van der Waals surface area (Å²) in [6.07, 6.45) is 3.39. The van der Waals surface area contributed by atoms with Crippen molar-refractivity contribution in [2.24, 2.45) is 0 Å². The number of fused-ring (bicyclic) bond motifs is 1. The second-order valence-electron chi connectivity index (χ2n) is 8.46. The Morgan fingerprint density at radius 3 is 2.33 bits per heavy atom. The van der Waals surface area contributed by atoms with Crippen molar-refractivity contribution >= 4 is 28.4 Å². The first-order chi connectivity index (χ1) is 16.0. The van der Waals surface area contributed by atoms with E-state index in [9.17, 15) is 9.18 Å². The van der Waals surface area contributed by atoms with Crippen molar-refractivity contribution in [3.63, 3.8) is 0 Å². The van der Waals surface area contributed by atoms with Gasteiger partial charge in [0.25, 0.3) is 5.91 Å². The van der Waals surface area contributed by atoms with Crippen LogP contribution in [0.4, 0.5) is 15.9 Å². The molecule has 7 heteroatoms. The molecule has 2 aromatic carbocycles. The van der Waals surface area contributed by atoms with Gasteiger partial charge in [0.2, 0.25) is 5.82 Å². The molecule has 1 saturated heterocycles. The number of carbonyl (C=O) groups is 1. The standard InChI is InChI=1S/C26H26FN5O/c1-17-18(2)32(21-9-5-3-6-10-21)25-22(17)24(31-15-7-4-8-16-31)29-23(30-25)26(33)28-20-13-11-19(27)12-14-20/h3,5-6,9-14H,4,7-8,15-16H2,1-2H3,(H,28,33). The average molecular weight is 444 g/mol. The highest BCUT2D eigenvalue weighted by Crippen LogP contribution is 2.34. The summed E-state index contributed by atoms with van der Waals surface area (Å²) in [7, 11) is 0. The number of para-hydroxylation sites is 1. The zero-order valence-electron chi connectivity index (χ0n) is 18.8. The summed E-state index contributed by atoms with van der Waals surface area (Å²) in [5.74, 6) is 0.129. The predicted octanol–water partition coefficient (Wildman–Crippen LogP) is 5.42. The summed E-state index contributed by atoms with van der Waals surface area (Å²) in [5, 5.41) is 3.79. The second-order valence-corrected chi connectivity index (χ2v) is 8.46. The molecule has 0 atom stereocenters. The van der Waals surface area contributed by atoms with Gasteiger partial charge in [-0.15, -0.1) is 0 Å². The van der Waals surface area contributed by atoms with Gasteiger partial charge >= 0.3 is 0 Å². The fourth-order valence-corrected chi connectivity index (χ4v) is 4.49. The van der Waals surface area contributed by atoms with Crippen molar-refractivity contribution in [1.82, 2.24) is 14.5 Å². The molecule has 3 heterocycles. The molecule has 1 amide bonds. The van der Waals surface area contributed by atoms with Gasteiger partial charge in [-0.1, -0.05) is 18.2 Å². The first kappa shape index (κ1) is 21.1. The van der Waals surface area contributed by atoms with Gasteiger partial charge in [-0.25, -0.2) is 14.4 Å². The maximum absolute atomic E-state index is 13.3. The van der Waals surface area contributed by atoms with Gasteiger partial charge < -0.3 is 10.2 Å². The largest absolute Gasteiger partial charge is 0.356 e. The maximum Gasteiger partial charge on any atom is 0.293 e. The van der Waals surface area contributed by atoms with Crippen LogP contribution in [0.3, 0.4) is 0 Å². The summed E-state index contributed by atoms with van der Waals surface area (Å²) < 4.78 is 15.4. The lowest BCUT2D eigenvalue weighted by atomic mass is 10.1. The molecule has 0 radical (unpaired) electrons. The fourth-order valence-electron chi connectivity index (χ4n) is 4.49. The summed E-state index contributed by atoms with van der Waals surface area (Å²) in [5.41, 5.74) is 4.38. The minimum atomic E-state index is -0.419. The molecule has 1 aliphatic rings. The SMILES string of the molecule is Cc1c(C)n(-c2ccccc2)c2nc(C(=O)Nc3ccc(F)cc3)nc(N3CCCCC3)c12. The molecule has 168 valence electrons. The number of aryl methyl sites for hydroxylation is 1. The third kappa shape index (κ3) is 3.95. The van der Waals surface area contributed by atoms with Crippen LogP contribution >= 0.6 is 0 Å². The number of amides is 1. The van der Waals surface area contributed by atoms with E-state index >= 15 is 0 Å². The van der Waals surface area contributed by atoms with Gasteiger partial charge in [-0.2, -0.15) is 0 Å². The smallest absolute Gasteiger partial charge is 0.293 e. The van der Waals surface area contributed by atoms with Gasteiger partial charge in [0.15, 0.2) is 5.65 Å². The van der Waals surface area contributed by atoms with Crippen LogP contribution in [0.2, 0.25) is 0 Å². The number of benzene rings is 2. The summed E-state index contributed by atoms with van der Waals surface area (Å²) >= 11 is 0. The van der Waals surface area contributed by atoms with Crippen molar-refractivity contribution < 1.29 is 9.18 Å². The van der Waals surface area contributed by atoms with Crippen molar-refractivity contribution in [3.05, 3.63) is 77.5 Å². The molecular formula is C26H26FN5O. The van der Waals surface area contributed by atoms with Crippen molar-refractivity contribution in [1.29, 1.82) is 0 Å². The number of hydrogen-bond acceptors (Lipinski definition) is 4. The molecule has 0 aliphatic carbocycles. The zero-order chi connectivity index (χ0) is 22.9. The number of hydrogen-bond donors (Lipinski definition) is 1. The van der Waals surface area contributed by atoms with Gasteiger partial charge in [0.05, 0.1) is 5.39 Å². The highest BCUT2D eigenvalue weighted by Gasteiger charge is 2.25. The predicted molar refractivity (Wildman–Crippen MR) is 129 cm³/mol. The normalized spacial score (nSPS) is 14.0. The van der Waals surface area contributed by atoms with E-state index < -0.39 is 5.91 Å². The number of carbonyl (C=O) groups excluding carboxylic acids is 1. The number of nitrogens with zero attached hydrogens (tertiary/aromatic N) is 4. The molecule has 1 fully saturated rings. The first-order valence-corrected chi connectivity index (χ1v) is 11.3. The highest BCUT2D eigenvalue weighted by molar-refractivity contribution is 6.04. The van der Waals surface area contributed by atoms with E-state index in [1.807, 2.05) is 30.3 Å². The van der Waals surface area contributed by atoms with E-state index in [1.165, 1.54) is 30.7 Å². The number of piperidine rings is 1. The van der Waals surface area contributed by atoms with Crippen LogP contribution in [-0.4, -0.2) is 33.5 Å². The van der Waals surface area contributed by atoms with Gasteiger partial charge in [0.1, 0.15) is 11.6 Å². The van der Waals surface area contributed by atoms with Crippen LogP contribution in [0, 0.1) is 19.7 Å². The van der Waals surface area contributed by atoms with Crippen LogP contribution in [0.1, 0.15) is 41.1 Å². The molecule has 5 rings (SSSR count). The second kappa shape index (κ2) is 8.65. The van der Waals surface area contributed by atoms with Crippen LogP contribution < -0.4 is 10.2 Å². The molecule has 0 spiro atoms. The Morgan fingerprint density at radius 2 is 1.64 bits per heavy atom. The quantitative estimate of drug-likeness (QED) is 0.458. The Morgan fingerprint density at radius 1 is 0.939 bits per heavy atom. The lowest BCUT2D eigenvalue weighted by Crippen LogP contribution is -2.31. The Labute approximate surface area is 192 Å². The number of nitrogens with one attached hydrogen (secondary N) is 1. The van der Waals surface area contributed by atoms with Crippen LogP contribution in [-0.2, 0) is 0 Å². The number of halogens is 1.